The van der Waals surface area contributed by atoms with Gasteiger partial charge in [0.2, 0.25) is 0 Å². The Morgan fingerprint density at radius 2 is 1.73 bits per heavy atom. The molecule has 0 saturated carbocycles. The van der Waals surface area contributed by atoms with E-state index in [0.717, 1.165) is 0 Å². The van der Waals surface area contributed by atoms with Gasteiger partial charge in [-0.3, -0.25) is 0 Å². The van der Waals surface area contributed by atoms with Gasteiger partial charge in [0.15, 0.2) is 6.29 Å². The Morgan fingerprint density at radius 1 is 1.09 bits per heavy atom. The van der Waals surface area contributed by atoms with Gasteiger partial charge in [0.1, 0.15) is 0 Å². The van der Waals surface area contributed by atoms with E-state index in [0.29, 0.717) is 16.9 Å². The summed E-state index contributed by atoms with van der Waals surface area (Å²) in [6, 6.07) is 4.47. The van der Waals surface area contributed by atoms with E-state index >= 15 is 0 Å². The lowest BCUT2D eigenvalue weighted by Crippen LogP contribution is -1.99. The fraction of sp³-hybridized carbons (Fsp3) is 0.143. The van der Waals surface area contributed by atoms with Crippen LogP contribution in [0.2, 0.25) is 0 Å². The minimum Gasteiger partial charge on any atom is -0.397 e. The Hall–Kier alpha value is -1.26. The molecular formula is C7H10N2O2. The number of anilines is 2. The van der Waals surface area contributed by atoms with Crippen molar-refractivity contribution in [2.24, 2.45) is 0 Å². The van der Waals surface area contributed by atoms with Crippen LogP contribution in [0.1, 0.15) is 11.9 Å². The van der Waals surface area contributed by atoms with Crippen molar-refractivity contribution in [2.45, 2.75) is 6.29 Å². The van der Waals surface area contributed by atoms with E-state index in [4.69, 9.17) is 21.7 Å². The molecule has 11 heavy (non-hydrogen) atoms. The molecule has 6 N–H and O–H groups in total. The minimum atomic E-state index is -1.49. The SMILES string of the molecule is Nc1ccc(C(O)O)cc1N. The summed E-state index contributed by atoms with van der Waals surface area (Å²) in [5.74, 6) is 0. The average Bonchev–Trinajstić information content (AvgIpc) is 1.94. The molecule has 0 spiro atoms. The minimum absolute atomic E-state index is 0.344. The van der Waals surface area contributed by atoms with Crippen molar-refractivity contribution in [1.29, 1.82) is 0 Å². The smallest absolute Gasteiger partial charge is 0.178 e. The Labute approximate surface area is 64.1 Å². The van der Waals surface area contributed by atoms with E-state index in [2.05, 4.69) is 0 Å². The second-order valence-corrected chi connectivity index (χ2v) is 2.26. The van der Waals surface area contributed by atoms with Crippen LogP contribution in [0.15, 0.2) is 18.2 Å². The van der Waals surface area contributed by atoms with Crippen LogP contribution in [0.4, 0.5) is 11.4 Å². The zero-order chi connectivity index (χ0) is 8.43. The maximum atomic E-state index is 8.70. The molecule has 1 aromatic rings. The highest BCUT2D eigenvalue weighted by Gasteiger charge is 2.03. The number of nitrogen functional groups attached to an aromatic ring is 2. The molecule has 0 aliphatic rings. The van der Waals surface area contributed by atoms with Crippen LogP contribution in [0, 0.1) is 0 Å². The highest BCUT2D eigenvalue weighted by Crippen LogP contribution is 2.19. The fourth-order valence-electron chi connectivity index (χ4n) is 0.754. The summed E-state index contributed by atoms with van der Waals surface area (Å²) in [7, 11) is 0. The summed E-state index contributed by atoms with van der Waals surface area (Å²) in [4.78, 5) is 0. The predicted octanol–water partition coefficient (Wildman–Crippen LogP) is -0.166. The number of benzene rings is 1. The van der Waals surface area contributed by atoms with E-state index in [1.54, 1.807) is 0 Å². The van der Waals surface area contributed by atoms with Gasteiger partial charge in [-0.25, -0.2) is 0 Å². The standard InChI is InChI=1S/C7H10N2O2/c8-5-2-1-4(7(10)11)3-6(5)9/h1-3,7,10-11H,8-9H2. The van der Waals surface area contributed by atoms with Crippen LogP contribution in [-0.4, -0.2) is 10.2 Å². The van der Waals surface area contributed by atoms with Crippen molar-refractivity contribution in [3.63, 3.8) is 0 Å². The van der Waals surface area contributed by atoms with Crippen molar-refractivity contribution in [3.05, 3.63) is 23.8 Å². The summed E-state index contributed by atoms with van der Waals surface area (Å²) in [5, 5.41) is 17.4. The van der Waals surface area contributed by atoms with E-state index in [1.165, 1.54) is 18.2 Å². The van der Waals surface area contributed by atoms with Gasteiger partial charge in [-0.2, -0.15) is 0 Å². The van der Waals surface area contributed by atoms with Gasteiger partial charge in [0.05, 0.1) is 11.4 Å². The Morgan fingerprint density at radius 3 is 2.18 bits per heavy atom. The van der Waals surface area contributed by atoms with Crippen molar-refractivity contribution in [1.82, 2.24) is 0 Å². The summed E-state index contributed by atoms with van der Waals surface area (Å²) >= 11 is 0. The molecule has 0 saturated heterocycles. The molecule has 60 valence electrons. The first-order valence-corrected chi connectivity index (χ1v) is 3.12. The third kappa shape index (κ3) is 1.60. The maximum absolute atomic E-state index is 8.70. The molecule has 0 fully saturated rings. The molecule has 0 aliphatic carbocycles. The van der Waals surface area contributed by atoms with Crippen LogP contribution < -0.4 is 11.5 Å². The summed E-state index contributed by atoms with van der Waals surface area (Å²) < 4.78 is 0. The number of hydrogen-bond acceptors (Lipinski definition) is 4. The monoisotopic (exact) mass is 154 g/mol. The topological polar surface area (TPSA) is 92.5 Å². The second kappa shape index (κ2) is 2.77. The third-order valence-corrected chi connectivity index (χ3v) is 1.41. The normalized spacial score (nSPS) is 10.5. The third-order valence-electron chi connectivity index (χ3n) is 1.41. The van der Waals surface area contributed by atoms with Gasteiger partial charge in [-0.05, 0) is 12.1 Å². The van der Waals surface area contributed by atoms with E-state index in [1.807, 2.05) is 0 Å². The maximum Gasteiger partial charge on any atom is 0.178 e. The van der Waals surface area contributed by atoms with Crippen LogP contribution in [0.25, 0.3) is 0 Å². The molecule has 4 heteroatoms. The number of nitrogens with two attached hydrogens (primary N) is 2. The molecule has 0 amide bonds. The van der Waals surface area contributed by atoms with Gasteiger partial charge in [0, 0.05) is 5.56 Å². The molecule has 0 aliphatic heterocycles. The van der Waals surface area contributed by atoms with Crippen LogP contribution in [0.5, 0.6) is 0 Å². The second-order valence-electron chi connectivity index (χ2n) is 2.26. The fourth-order valence-corrected chi connectivity index (χ4v) is 0.754. The molecule has 0 unspecified atom stereocenters. The zero-order valence-electron chi connectivity index (χ0n) is 5.86. The van der Waals surface area contributed by atoms with Crippen LogP contribution >= 0.6 is 0 Å². The first kappa shape index (κ1) is 7.84. The lowest BCUT2D eigenvalue weighted by Gasteiger charge is -2.05. The molecule has 1 aromatic carbocycles. The van der Waals surface area contributed by atoms with E-state index in [9.17, 15) is 0 Å². The van der Waals surface area contributed by atoms with Crippen molar-refractivity contribution in [2.75, 3.05) is 11.5 Å². The Bertz CT molecular complexity index is 261. The van der Waals surface area contributed by atoms with E-state index < -0.39 is 6.29 Å². The van der Waals surface area contributed by atoms with Crippen molar-refractivity contribution < 1.29 is 10.2 Å². The number of aliphatic hydroxyl groups excluding tert-OH is 1. The molecular weight excluding hydrogens is 144 g/mol. The number of rotatable bonds is 1. The summed E-state index contributed by atoms with van der Waals surface area (Å²) in [6.45, 7) is 0. The van der Waals surface area contributed by atoms with Gasteiger partial charge in [-0.1, -0.05) is 6.07 Å². The van der Waals surface area contributed by atoms with Crippen molar-refractivity contribution >= 4 is 11.4 Å². The quantitative estimate of drug-likeness (QED) is 0.334. The predicted molar refractivity (Wildman–Crippen MR) is 42.4 cm³/mol. The van der Waals surface area contributed by atoms with Crippen molar-refractivity contribution in [3.8, 4) is 0 Å². The lowest BCUT2D eigenvalue weighted by molar-refractivity contribution is -0.0424. The first-order valence-electron chi connectivity index (χ1n) is 3.12. The first-order chi connectivity index (χ1) is 5.11. The largest absolute Gasteiger partial charge is 0.397 e. The van der Waals surface area contributed by atoms with Gasteiger partial charge < -0.3 is 21.7 Å². The van der Waals surface area contributed by atoms with Crippen LogP contribution in [-0.2, 0) is 0 Å². The molecule has 4 nitrogen and oxygen atoms in total. The highest BCUT2D eigenvalue weighted by molar-refractivity contribution is 5.63. The molecule has 0 atom stereocenters. The molecule has 0 aromatic heterocycles. The van der Waals surface area contributed by atoms with Gasteiger partial charge in [0.25, 0.3) is 0 Å². The molecule has 0 radical (unpaired) electrons. The van der Waals surface area contributed by atoms with E-state index in [-0.39, 0.29) is 0 Å². The Balaban J connectivity index is 3.05. The summed E-state index contributed by atoms with van der Waals surface area (Å²) in [5.41, 5.74) is 12.0. The summed E-state index contributed by atoms with van der Waals surface area (Å²) in [6.07, 6.45) is -1.49. The van der Waals surface area contributed by atoms with Crippen LogP contribution in [0.3, 0.4) is 0 Å². The highest BCUT2D eigenvalue weighted by atomic mass is 16.5. The van der Waals surface area contributed by atoms with Gasteiger partial charge in [-0.15, -0.1) is 0 Å². The molecule has 1 rings (SSSR count). The average molecular weight is 154 g/mol. The zero-order valence-corrected chi connectivity index (χ0v) is 5.86. The molecule has 0 bridgehead atoms. The number of hydrogen-bond donors (Lipinski definition) is 4. The molecule has 0 heterocycles. The lowest BCUT2D eigenvalue weighted by atomic mass is 10.2. The van der Waals surface area contributed by atoms with Gasteiger partial charge >= 0.3 is 0 Å². The Kier molecular flexibility index (Phi) is 1.98. The number of aliphatic hydroxyl groups is 2.